The Morgan fingerprint density at radius 3 is 2.93 bits per heavy atom. The molecule has 27 heavy (non-hydrogen) atoms. The molecule has 1 N–H and O–H groups in total. The second-order valence-corrected chi connectivity index (χ2v) is 8.46. The Labute approximate surface area is 161 Å². The summed E-state index contributed by atoms with van der Waals surface area (Å²) in [6, 6.07) is 2.20. The monoisotopic (exact) mass is 373 g/mol. The fraction of sp³-hybridized carbons (Fsp3) is 0.714. The number of nitrogens with one attached hydrogen (secondary N) is 1. The number of fused-ring (bicyclic) bond motifs is 1. The first-order valence-corrected chi connectivity index (χ1v) is 10.3. The minimum absolute atomic E-state index is 0.00965. The van der Waals surface area contributed by atoms with Crippen molar-refractivity contribution in [2.24, 2.45) is 11.8 Å². The lowest BCUT2D eigenvalue weighted by Gasteiger charge is -2.35. The van der Waals surface area contributed by atoms with Crippen molar-refractivity contribution in [1.29, 1.82) is 0 Å². The molecule has 1 aromatic rings. The summed E-state index contributed by atoms with van der Waals surface area (Å²) in [4.78, 5) is 18.0. The van der Waals surface area contributed by atoms with Crippen molar-refractivity contribution in [1.82, 2.24) is 10.3 Å². The highest BCUT2D eigenvalue weighted by molar-refractivity contribution is 5.73. The molecule has 2 aliphatic carbocycles. The highest BCUT2D eigenvalue weighted by Crippen LogP contribution is 2.38. The smallest absolute Gasteiger partial charge is 0.218 e. The summed E-state index contributed by atoms with van der Waals surface area (Å²) in [5.74, 6) is 2.25. The van der Waals surface area contributed by atoms with Gasteiger partial charge in [0.25, 0.3) is 0 Å². The van der Waals surface area contributed by atoms with Gasteiger partial charge in [-0.1, -0.05) is 0 Å². The number of anilines is 1. The third-order valence-electron chi connectivity index (χ3n) is 5.82. The van der Waals surface area contributed by atoms with E-state index in [9.17, 15) is 4.79 Å². The third-order valence-corrected chi connectivity index (χ3v) is 5.82. The SMILES string of the molecule is CC(=O)N[C@@H](C)COC1CC(COc2nccc3c2CCN3CC2CC2)C1. The number of carbonyl (C=O) groups is 1. The van der Waals surface area contributed by atoms with E-state index < -0.39 is 0 Å². The lowest BCUT2D eigenvalue weighted by Crippen LogP contribution is -2.40. The van der Waals surface area contributed by atoms with Gasteiger partial charge in [0.2, 0.25) is 11.8 Å². The predicted octanol–water partition coefficient (Wildman–Crippen LogP) is 2.55. The van der Waals surface area contributed by atoms with Crippen molar-refractivity contribution in [3.05, 3.63) is 17.8 Å². The van der Waals surface area contributed by atoms with Crippen molar-refractivity contribution in [3.63, 3.8) is 0 Å². The first kappa shape index (κ1) is 18.5. The van der Waals surface area contributed by atoms with Crippen LogP contribution in [0.15, 0.2) is 12.3 Å². The lowest BCUT2D eigenvalue weighted by atomic mass is 9.83. The minimum atomic E-state index is -0.00965. The maximum atomic E-state index is 11.0. The van der Waals surface area contributed by atoms with Gasteiger partial charge in [-0.25, -0.2) is 4.98 Å². The van der Waals surface area contributed by atoms with E-state index in [1.54, 1.807) is 0 Å². The Bertz CT molecular complexity index is 671. The van der Waals surface area contributed by atoms with Gasteiger partial charge in [0, 0.05) is 43.5 Å². The van der Waals surface area contributed by atoms with Crippen LogP contribution in [0.5, 0.6) is 5.88 Å². The van der Waals surface area contributed by atoms with Gasteiger partial charge in [0.1, 0.15) is 0 Å². The molecule has 1 aromatic heterocycles. The standard InChI is InChI=1S/C21H31N3O3/c1-14(23-15(2)25)12-26-18-9-17(10-18)13-27-21-19-6-8-24(11-16-3-4-16)20(19)5-7-22-21/h5,7,14,16-18H,3-4,6,8-13H2,1-2H3,(H,23,25)/t14-,17?,18?/m0/s1. The Hall–Kier alpha value is -1.82. The van der Waals surface area contributed by atoms with Gasteiger partial charge >= 0.3 is 0 Å². The number of aromatic nitrogens is 1. The fourth-order valence-corrected chi connectivity index (χ4v) is 4.10. The number of ether oxygens (including phenoxy) is 2. The Morgan fingerprint density at radius 2 is 2.19 bits per heavy atom. The molecule has 148 valence electrons. The van der Waals surface area contributed by atoms with Gasteiger partial charge in [-0.05, 0) is 56.9 Å². The molecule has 3 aliphatic rings. The predicted molar refractivity (Wildman–Crippen MR) is 104 cm³/mol. The number of pyridine rings is 1. The molecule has 4 rings (SSSR count). The molecule has 1 aliphatic heterocycles. The number of rotatable bonds is 9. The van der Waals surface area contributed by atoms with Crippen LogP contribution in [0.4, 0.5) is 5.69 Å². The summed E-state index contributed by atoms with van der Waals surface area (Å²) in [6.07, 6.45) is 8.03. The molecule has 6 heteroatoms. The van der Waals surface area contributed by atoms with Crippen LogP contribution >= 0.6 is 0 Å². The van der Waals surface area contributed by atoms with Gasteiger partial charge in [-0.15, -0.1) is 0 Å². The van der Waals surface area contributed by atoms with Gasteiger partial charge in [0.05, 0.1) is 19.3 Å². The average Bonchev–Trinajstić information content (AvgIpc) is 3.31. The third kappa shape index (κ3) is 4.72. The molecule has 0 radical (unpaired) electrons. The van der Waals surface area contributed by atoms with Crippen molar-refractivity contribution in [2.75, 3.05) is 31.2 Å². The summed E-state index contributed by atoms with van der Waals surface area (Å²) >= 11 is 0. The van der Waals surface area contributed by atoms with Crippen molar-refractivity contribution in [3.8, 4) is 5.88 Å². The van der Waals surface area contributed by atoms with E-state index in [1.165, 1.54) is 37.6 Å². The Kier molecular flexibility index (Phi) is 5.53. The normalized spacial score (nSPS) is 24.9. The van der Waals surface area contributed by atoms with E-state index in [0.717, 1.165) is 37.6 Å². The molecule has 2 saturated carbocycles. The number of amides is 1. The van der Waals surface area contributed by atoms with E-state index in [0.29, 0.717) is 25.2 Å². The number of hydrogen-bond donors (Lipinski definition) is 1. The molecule has 2 fully saturated rings. The minimum Gasteiger partial charge on any atom is -0.477 e. The Balaban J connectivity index is 1.20. The molecule has 1 atom stereocenters. The van der Waals surface area contributed by atoms with Crippen LogP contribution in [0, 0.1) is 11.8 Å². The summed E-state index contributed by atoms with van der Waals surface area (Å²) < 4.78 is 12.0. The van der Waals surface area contributed by atoms with Gasteiger partial charge in [0.15, 0.2) is 0 Å². The zero-order chi connectivity index (χ0) is 18.8. The molecule has 2 heterocycles. The Morgan fingerprint density at radius 1 is 1.37 bits per heavy atom. The van der Waals surface area contributed by atoms with Crippen LogP contribution in [0.25, 0.3) is 0 Å². The lowest BCUT2D eigenvalue weighted by molar-refractivity contribution is -0.120. The van der Waals surface area contributed by atoms with Crippen molar-refractivity contribution >= 4 is 11.6 Å². The molecule has 0 unspecified atom stereocenters. The molecular weight excluding hydrogens is 342 g/mol. The fourth-order valence-electron chi connectivity index (χ4n) is 4.10. The second kappa shape index (κ2) is 8.05. The molecule has 0 aromatic carbocycles. The highest BCUT2D eigenvalue weighted by Gasteiger charge is 2.32. The summed E-state index contributed by atoms with van der Waals surface area (Å²) in [5.41, 5.74) is 2.61. The zero-order valence-corrected chi connectivity index (χ0v) is 16.4. The van der Waals surface area contributed by atoms with E-state index in [2.05, 4.69) is 21.3 Å². The van der Waals surface area contributed by atoms with E-state index in [4.69, 9.17) is 9.47 Å². The van der Waals surface area contributed by atoms with Crippen LogP contribution in [0.2, 0.25) is 0 Å². The first-order chi connectivity index (χ1) is 13.1. The quantitative estimate of drug-likeness (QED) is 0.721. The molecule has 0 spiro atoms. The van der Waals surface area contributed by atoms with Crippen LogP contribution in [-0.2, 0) is 16.0 Å². The molecular formula is C21H31N3O3. The van der Waals surface area contributed by atoms with Crippen LogP contribution in [0.3, 0.4) is 0 Å². The number of carbonyl (C=O) groups excluding carboxylic acids is 1. The van der Waals surface area contributed by atoms with Crippen molar-refractivity contribution in [2.45, 2.75) is 58.1 Å². The average molecular weight is 373 g/mol. The zero-order valence-electron chi connectivity index (χ0n) is 16.4. The summed E-state index contributed by atoms with van der Waals surface area (Å²) in [5, 5.41) is 2.85. The van der Waals surface area contributed by atoms with Crippen LogP contribution in [0.1, 0.15) is 45.1 Å². The molecule has 0 saturated heterocycles. The van der Waals surface area contributed by atoms with Crippen LogP contribution in [-0.4, -0.2) is 49.3 Å². The molecule has 0 bridgehead atoms. The van der Waals surface area contributed by atoms with E-state index in [-0.39, 0.29) is 11.9 Å². The topological polar surface area (TPSA) is 63.7 Å². The molecule has 1 amide bonds. The number of hydrogen-bond acceptors (Lipinski definition) is 5. The van der Waals surface area contributed by atoms with Gasteiger partial charge in [-0.3, -0.25) is 4.79 Å². The first-order valence-electron chi connectivity index (χ1n) is 10.3. The summed E-state index contributed by atoms with van der Waals surface area (Å²) in [6.45, 7) is 7.08. The second-order valence-electron chi connectivity index (χ2n) is 8.46. The van der Waals surface area contributed by atoms with E-state index >= 15 is 0 Å². The summed E-state index contributed by atoms with van der Waals surface area (Å²) in [7, 11) is 0. The largest absolute Gasteiger partial charge is 0.477 e. The number of nitrogens with zero attached hydrogens (tertiary/aromatic N) is 2. The van der Waals surface area contributed by atoms with Gasteiger partial charge < -0.3 is 19.7 Å². The van der Waals surface area contributed by atoms with Crippen molar-refractivity contribution < 1.29 is 14.3 Å². The van der Waals surface area contributed by atoms with E-state index in [1.807, 2.05) is 13.1 Å². The molecule has 6 nitrogen and oxygen atoms in total. The van der Waals surface area contributed by atoms with Crippen LogP contribution < -0.4 is 15.0 Å². The highest BCUT2D eigenvalue weighted by atomic mass is 16.5. The van der Waals surface area contributed by atoms with Gasteiger partial charge in [-0.2, -0.15) is 0 Å². The maximum absolute atomic E-state index is 11.0. The maximum Gasteiger partial charge on any atom is 0.218 e.